The number of rotatable bonds is 9. The molecule has 0 fully saturated rings. The number of aryl methyl sites for hydroxylation is 1. The maximum Gasteiger partial charge on any atom is 0.257 e. The van der Waals surface area contributed by atoms with E-state index >= 15 is 0 Å². The van der Waals surface area contributed by atoms with Crippen LogP contribution in [0, 0.1) is 13.8 Å². The molecule has 0 saturated heterocycles. The number of benzene rings is 2. The van der Waals surface area contributed by atoms with Crippen molar-refractivity contribution in [2.24, 2.45) is 0 Å². The summed E-state index contributed by atoms with van der Waals surface area (Å²) in [6, 6.07) is 11.7. The number of nitrogens with one attached hydrogen (secondary N) is 2. The predicted octanol–water partition coefficient (Wildman–Crippen LogP) is 1.79. The van der Waals surface area contributed by atoms with E-state index in [0.29, 0.717) is 11.5 Å². The van der Waals surface area contributed by atoms with Crippen LogP contribution in [0.2, 0.25) is 0 Å². The van der Waals surface area contributed by atoms with Crippen molar-refractivity contribution in [2.75, 3.05) is 26.8 Å². The zero-order valence-corrected chi connectivity index (χ0v) is 16.4. The summed E-state index contributed by atoms with van der Waals surface area (Å²) >= 11 is 0. The first-order valence-electron chi connectivity index (χ1n) is 8.43. The molecule has 0 heterocycles. The monoisotopic (exact) mass is 392 g/mol. The summed E-state index contributed by atoms with van der Waals surface area (Å²) in [6.07, 6.45) is 0. The molecule has 8 heteroatoms. The van der Waals surface area contributed by atoms with Gasteiger partial charge in [-0.15, -0.1) is 0 Å². The van der Waals surface area contributed by atoms with Crippen molar-refractivity contribution in [1.29, 1.82) is 0 Å². The molecule has 2 rings (SSSR count). The molecule has 1 amide bonds. The lowest BCUT2D eigenvalue weighted by molar-refractivity contribution is -0.123. The van der Waals surface area contributed by atoms with Crippen LogP contribution in [-0.2, 0) is 14.8 Å². The molecule has 0 aliphatic heterocycles. The van der Waals surface area contributed by atoms with E-state index in [2.05, 4.69) is 10.0 Å². The average molecular weight is 392 g/mol. The lowest BCUT2D eigenvalue weighted by Gasteiger charge is -2.11. The Bertz CT molecular complexity index is 879. The largest absolute Gasteiger partial charge is 0.497 e. The predicted molar refractivity (Wildman–Crippen MR) is 103 cm³/mol. The Morgan fingerprint density at radius 2 is 1.74 bits per heavy atom. The molecule has 0 unspecified atom stereocenters. The highest BCUT2D eigenvalue weighted by Gasteiger charge is 2.13. The van der Waals surface area contributed by atoms with Gasteiger partial charge in [0.15, 0.2) is 6.61 Å². The third-order valence-electron chi connectivity index (χ3n) is 4.02. The maximum absolute atomic E-state index is 12.2. The van der Waals surface area contributed by atoms with E-state index in [1.165, 1.54) is 19.2 Å². The Morgan fingerprint density at radius 3 is 2.41 bits per heavy atom. The standard InChI is InChI=1S/C19H24N2O5S/c1-14-5-4-6-18(15(14)2)26-13-19(22)20-11-12-21-27(23,24)17-9-7-16(25-3)8-10-17/h4-10,21H,11-13H2,1-3H3,(H,20,22). The lowest BCUT2D eigenvalue weighted by atomic mass is 10.1. The summed E-state index contributed by atoms with van der Waals surface area (Å²) in [5, 5.41) is 2.62. The first-order valence-corrected chi connectivity index (χ1v) is 9.91. The van der Waals surface area contributed by atoms with Crippen molar-refractivity contribution < 1.29 is 22.7 Å². The van der Waals surface area contributed by atoms with Gasteiger partial charge < -0.3 is 14.8 Å². The van der Waals surface area contributed by atoms with Gasteiger partial charge in [-0.25, -0.2) is 13.1 Å². The molecule has 146 valence electrons. The van der Waals surface area contributed by atoms with Crippen LogP contribution in [0.15, 0.2) is 47.4 Å². The maximum atomic E-state index is 12.2. The van der Waals surface area contributed by atoms with Crippen molar-refractivity contribution in [3.05, 3.63) is 53.6 Å². The van der Waals surface area contributed by atoms with Crippen LogP contribution >= 0.6 is 0 Å². The minimum atomic E-state index is -3.64. The molecule has 0 bridgehead atoms. The highest BCUT2D eigenvalue weighted by atomic mass is 32.2. The Labute approximate surface area is 159 Å². The highest BCUT2D eigenvalue weighted by molar-refractivity contribution is 7.89. The van der Waals surface area contributed by atoms with Gasteiger partial charge in [0.25, 0.3) is 5.91 Å². The smallest absolute Gasteiger partial charge is 0.257 e. The van der Waals surface area contributed by atoms with Gasteiger partial charge in [-0.3, -0.25) is 4.79 Å². The van der Waals surface area contributed by atoms with Crippen LogP contribution in [0.4, 0.5) is 0 Å². The Kier molecular flexibility index (Phi) is 7.20. The topological polar surface area (TPSA) is 93.7 Å². The summed E-state index contributed by atoms with van der Waals surface area (Å²) in [7, 11) is -2.13. The van der Waals surface area contributed by atoms with Gasteiger partial charge in [-0.2, -0.15) is 0 Å². The minimum Gasteiger partial charge on any atom is -0.497 e. The quantitative estimate of drug-likeness (QED) is 0.635. The zero-order valence-electron chi connectivity index (χ0n) is 15.6. The van der Waals surface area contributed by atoms with Gasteiger partial charge in [-0.1, -0.05) is 12.1 Å². The fraction of sp³-hybridized carbons (Fsp3) is 0.316. The number of hydrogen-bond acceptors (Lipinski definition) is 5. The fourth-order valence-corrected chi connectivity index (χ4v) is 3.33. The second-order valence-corrected chi connectivity index (χ2v) is 7.68. The average Bonchev–Trinajstić information content (AvgIpc) is 2.66. The molecule has 0 saturated carbocycles. The van der Waals surface area contributed by atoms with Crippen LogP contribution in [-0.4, -0.2) is 41.1 Å². The summed E-state index contributed by atoms with van der Waals surface area (Å²) < 4.78 is 37.3. The van der Waals surface area contributed by atoms with Crippen molar-refractivity contribution in [3.8, 4) is 11.5 Å². The molecule has 0 spiro atoms. The molecule has 0 aliphatic rings. The molecule has 0 atom stereocenters. The van der Waals surface area contributed by atoms with Gasteiger partial charge in [0.2, 0.25) is 10.0 Å². The third kappa shape index (κ3) is 5.97. The van der Waals surface area contributed by atoms with E-state index in [0.717, 1.165) is 11.1 Å². The SMILES string of the molecule is COc1ccc(S(=O)(=O)NCCNC(=O)COc2cccc(C)c2C)cc1. The number of hydrogen-bond donors (Lipinski definition) is 2. The zero-order chi connectivity index (χ0) is 19.9. The third-order valence-corrected chi connectivity index (χ3v) is 5.50. The number of carbonyl (C=O) groups is 1. The van der Waals surface area contributed by atoms with E-state index in [4.69, 9.17) is 9.47 Å². The van der Waals surface area contributed by atoms with Crippen LogP contribution in [0.5, 0.6) is 11.5 Å². The van der Waals surface area contributed by atoms with Crippen molar-refractivity contribution in [2.45, 2.75) is 18.7 Å². The van der Waals surface area contributed by atoms with Gasteiger partial charge in [0.05, 0.1) is 12.0 Å². The molecule has 2 aromatic carbocycles. The Hall–Kier alpha value is -2.58. The van der Waals surface area contributed by atoms with E-state index in [-0.39, 0.29) is 30.5 Å². The lowest BCUT2D eigenvalue weighted by Crippen LogP contribution is -2.36. The summed E-state index contributed by atoms with van der Waals surface area (Å²) in [6.45, 7) is 4.00. The minimum absolute atomic E-state index is 0.0730. The van der Waals surface area contributed by atoms with Gasteiger partial charge in [0, 0.05) is 13.1 Å². The van der Waals surface area contributed by atoms with Crippen LogP contribution < -0.4 is 19.5 Å². The van der Waals surface area contributed by atoms with Gasteiger partial charge in [0.1, 0.15) is 11.5 Å². The Balaban J connectivity index is 1.75. The molecular formula is C19H24N2O5S. The summed E-state index contributed by atoms with van der Waals surface area (Å²) in [5.41, 5.74) is 2.07. The van der Waals surface area contributed by atoms with E-state index < -0.39 is 10.0 Å². The molecule has 0 aromatic heterocycles. The molecule has 2 aromatic rings. The first kappa shape index (κ1) is 20.7. The molecule has 27 heavy (non-hydrogen) atoms. The van der Waals surface area contributed by atoms with Crippen molar-refractivity contribution in [3.63, 3.8) is 0 Å². The first-order chi connectivity index (χ1) is 12.8. The number of ether oxygens (including phenoxy) is 2. The van der Waals surface area contributed by atoms with Crippen LogP contribution in [0.3, 0.4) is 0 Å². The van der Waals surface area contributed by atoms with Gasteiger partial charge in [-0.05, 0) is 55.3 Å². The second-order valence-electron chi connectivity index (χ2n) is 5.91. The summed E-state index contributed by atoms with van der Waals surface area (Å²) in [4.78, 5) is 12.0. The van der Waals surface area contributed by atoms with E-state index in [1.54, 1.807) is 18.2 Å². The highest BCUT2D eigenvalue weighted by Crippen LogP contribution is 2.20. The summed E-state index contributed by atoms with van der Waals surface area (Å²) in [5.74, 6) is 0.912. The number of carbonyl (C=O) groups excluding carboxylic acids is 1. The fourth-order valence-electron chi connectivity index (χ4n) is 2.30. The van der Waals surface area contributed by atoms with E-state index in [1.807, 2.05) is 26.0 Å². The van der Waals surface area contributed by atoms with Crippen LogP contribution in [0.1, 0.15) is 11.1 Å². The molecule has 0 aliphatic carbocycles. The molecular weight excluding hydrogens is 368 g/mol. The second kappa shape index (κ2) is 9.38. The number of amides is 1. The molecule has 0 radical (unpaired) electrons. The van der Waals surface area contributed by atoms with E-state index in [9.17, 15) is 13.2 Å². The molecule has 7 nitrogen and oxygen atoms in total. The van der Waals surface area contributed by atoms with Crippen molar-refractivity contribution >= 4 is 15.9 Å². The van der Waals surface area contributed by atoms with Crippen LogP contribution in [0.25, 0.3) is 0 Å². The Morgan fingerprint density at radius 1 is 1.04 bits per heavy atom. The van der Waals surface area contributed by atoms with Crippen molar-refractivity contribution in [1.82, 2.24) is 10.0 Å². The number of sulfonamides is 1. The normalized spacial score (nSPS) is 11.1. The molecule has 2 N–H and O–H groups in total. The van der Waals surface area contributed by atoms with Gasteiger partial charge >= 0.3 is 0 Å². The number of methoxy groups -OCH3 is 1.